The molecule has 8 heteroatoms. The first-order valence-electron chi connectivity index (χ1n) is 4.86. The molecule has 0 saturated carbocycles. The Morgan fingerprint density at radius 1 is 1.00 bits per heavy atom. The fraction of sp³-hybridized carbons (Fsp3) is 0.778. The lowest BCUT2D eigenvalue weighted by Crippen LogP contribution is -2.47. The highest BCUT2D eigenvalue weighted by Crippen LogP contribution is 2.37. The van der Waals surface area contributed by atoms with E-state index in [1.54, 1.807) is 0 Å². The van der Waals surface area contributed by atoms with Gasteiger partial charge in [0.2, 0.25) is 0 Å². The molecule has 0 aliphatic carbocycles. The van der Waals surface area contributed by atoms with Gasteiger partial charge in [-0.15, -0.1) is 0 Å². The average molecular weight is 265 g/mol. The molecule has 0 unspecified atom stereocenters. The average Bonchev–Trinajstić information content (AvgIpc) is 2.14. The Kier molecular flexibility index (Phi) is 4.06. The smallest absolute Gasteiger partial charge is 0.241 e. The number of rotatable bonds is 2. The second kappa shape index (κ2) is 4.83. The van der Waals surface area contributed by atoms with Gasteiger partial charge in [0.15, 0.2) is 0 Å². The van der Waals surface area contributed by atoms with Gasteiger partial charge >= 0.3 is 12.2 Å². The van der Waals surface area contributed by atoms with E-state index in [1.165, 1.54) is 0 Å². The molecule has 1 aliphatic heterocycles. The molecule has 0 spiro atoms. The zero-order chi connectivity index (χ0) is 13.3. The molecule has 1 saturated heterocycles. The molecule has 1 fully saturated rings. The van der Waals surface area contributed by atoms with Gasteiger partial charge in [0.25, 0.3) is 6.08 Å². The Bertz CT molecular complexity index is 284. The van der Waals surface area contributed by atoms with Crippen LogP contribution >= 0.6 is 0 Å². The molecule has 0 radical (unpaired) electrons. The zero-order valence-electron chi connectivity index (χ0n) is 8.58. The molecule has 1 aliphatic rings. The van der Waals surface area contributed by atoms with Crippen molar-refractivity contribution in [2.75, 3.05) is 13.1 Å². The minimum Gasteiger partial charge on any atom is -0.241 e. The normalized spacial score (nSPS) is 20.4. The van der Waals surface area contributed by atoms with Crippen LogP contribution in [0.3, 0.4) is 0 Å². The maximum absolute atomic E-state index is 13.1. The molecular weight excluding hydrogens is 255 g/mol. The first-order valence-corrected chi connectivity index (χ1v) is 4.86. The molecule has 0 aromatic carbocycles. The second-order valence-corrected chi connectivity index (χ2v) is 3.82. The van der Waals surface area contributed by atoms with E-state index in [2.05, 4.69) is 0 Å². The highest BCUT2D eigenvalue weighted by molar-refractivity contribution is 4.96. The van der Waals surface area contributed by atoms with Crippen LogP contribution in [0.1, 0.15) is 12.8 Å². The maximum atomic E-state index is 13.1. The highest BCUT2D eigenvalue weighted by atomic mass is 19.4. The SMILES string of the molecule is FC(F)=CC(F)(F)N1CCC(C(F)(F)F)CC1. The third-order valence-electron chi connectivity index (χ3n) is 2.66. The monoisotopic (exact) mass is 265 g/mol. The summed E-state index contributed by atoms with van der Waals surface area (Å²) in [6.45, 7) is -1.11. The number of halogens is 7. The van der Waals surface area contributed by atoms with Gasteiger partial charge in [-0.3, -0.25) is 0 Å². The number of alkyl halides is 5. The molecule has 17 heavy (non-hydrogen) atoms. The van der Waals surface area contributed by atoms with Gasteiger partial charge in [-0.25, -0.2) is 4.90 Å². The third-order valence-corrected chi connectivity index (χ3v) is 2.66. The first-order chi connectivity index (χ1) is 7.63. The molecule has 0 N–H and O–H groups in total. The van der Waals surface area contributed by atoms with Crippen molar-refractivity contribution in [1.82, 2.24) is 4.90 Å². The largest absolute Gasteiger partial charge is 0.391 e. The van der Waals surface area contributed by atoms with Crippen molar-refractivity contribution >= 4 is 0 Å². The lowest BCUT2D eigenvalue weighted by atomic mass is 9.96. The molecule has 0 aromatic rings. The van der Waals surface area contributed by atoms with Crippen molar-refractivity contribution < 1.29 is 30.7 Å². The van der Waals surface area contributed by atoms with E-state index in [1.807, 2.05) is 0 Å². The van der Waals surface area contributed by atoms with Crippen molar-refractivity contribution in [1.29, 1.82) is 0 Å². The number of hydrogen-bond donors (Lipinski definition) is 0. The molecule has 0 bridgehead atoms. The Balaban J connectivity index is 2.61. The molecule has 0 amide bonds. The minimum absolute atomic E-state index is 0.328. The molecule has 1 heterocycles. The quantitative estimate of drug-likeness (QED) is 0.544. The van der Waals surface area contributed by atoms with Gasteiger partial charge in [0, 0.05) is 13.1 Å². The zero-order valence-corrected chi connectivity index (χ0v) is 8.58. The fourth-order valence-electron chi connectivity index (χ4n) is 1.73. The Hall–Kier alpha value is -0.790. The van der Waals surface area contributed by atoms with Gasteiger partial charge in [0.1, 0.15) is 0 Å². The molecule has 1 nitrogen and oxygen atoms in total. The Labute approximate surface area is 92.9 Å². The predicted octanol–water partition coefficient (Wildman–Crippen LogP) is 3.63. The van der Waals surface area contributed by atoms with Crippen molar-refractivity contribution in [2.24, 2.45) is 5.92 Å². The summed E-state index contributed by atoms with van der Waals surface area (Å²) < 4.78 is 86.3. The van der Waals surface area contributed by atoms with Crippen LogP contribution in [-0.4, -0.2) is 30.2 Å². The molecule has 1 rings (SSSR count). The Morgan fingerprint density at radius 2 is 1.47 bits per heavy atom. The van der Waals surface area contributed by atoms with Crippen LogP contribution in [0, 0.1) is 5.92 Å². The number of likely N-dealkylation sites (tertiary alicyclic amines) is 1. The minimum atomic E-state index is -4.41. The van der Waals surface area contributed by atoms with E-state index >= 15 is 0 Å². The van der Waals surface area contributed by atoms with Crippen LogP contribution in [0.5, 0.6) is 0 Å². The van der Waals surface area contributed by atoms with Gasteiger partial charge in [0.05, 0.1) is 12.0 Å². The lowest BCUT2D eigenvalue weighted by Gasteiger charge is -2.36. The summed E-state index contributed by atoms with van der Waals surface area (Å²) in [6.07, 6.45) is -8.50. The summed E-state index contributed by atoms with van der Waals surface area (Å²) in [7, 11) is 0. The van der Waals surface area contributed by atoms with Crippen LogP contribution in [0.15, 0.2) is 12.2 Å². The summed E-state index contributed by atoms with van der Waals surface area (Å²) >= 11 is 0. The predicted molar refractivity (Wildman–Crippen MR) is 45.6 cm³/mol. The standard InChI is InChI=1S/C9H10F7N/c10-7(11)5-8(12,13)17-3-1-6(2-4-17)9(14,15)16/h5-6H,1-4H2. The molecular formula is C9H10F7N. The highest BCUT2D eigenvalue weighted by Gasteiger charge is 2.45. The van der Waals surface area contributed by atoms with Crippen molar-refractivity contribution in [3.8, 4) is 0 Å². The molecule has 0 atom stereocenters. The van der Waals surface area contributed by atoms with Crippen LogP contribution in [0.4, 0.5) is 30.7 Å². The van der Waals surface area contributed by atoms with E-state index < -0.39 is 56.2 Å². The number of nitrogens with zero attached hydrogens (tertiary/aromatic N) is 1. The van der Waals surface area contributed by atoms with E-state index in [0.29, 0.717) is 4.90 Å². The van der Waals surface area contributed by atoms with Crippen molar-refractivity contribution in [3.05, 3.63) is 12.2 Å². The van der Waals surface area contributed by atoms with Crippen molar-refractivity contribution in [3.63, 3.8) is 0 Å². The third kappa shape index (κ3) is 3.86. The second-order valence-electron chi connectivity index (χ2n) is 3.82. The van der Waals surface area contributed by atoms with Crippen molar-refractivity contribution in [2.45, 2.75) is 25.1 Å². The summed E-state index contributed by atoms with van der Waals surface area (Å²) in [4.78, 5) is 0.328. The fourth-order valence-corrected chi connectivity index (χ4v) is 1.73. The Morgan fingerprint density at radius 3 is 1.82 bits per heavy atom. The van der Waals surface area contributed by atoms with E-state index in [9.17, 15) is 30.7 Å². The summed E-state index contributed by atoms with van der Waals surface area (Å²) in [6, 6.07) is -3.89. The van der Waals surface area contributed by atoms with Crippen LogP contribution in [0.25, 0.3) is 0 Å². The van der Waals surface area contributed by atoms with Gasteiger partial charge in [-0.2, -0.15) is 30.7 Å². The van der Waals surface area contributed by atoms with Crippen LogP contribution < -0.4 is 0 Å². The van der Waals surface area contributed by atoms with E-state index in [4.69, 9.17) is 0 Å². The summed E-state index contributed by atoms with van der Waals surface area (Å²) in [5.41, 5.74) is 0. The maximum Gasteiger partial charge on any atom is 0.391 e. The molecule has 0 aromatic heterocycles. The lowest BCUT2D eigenvalue weighted by molar-refractivity contribution is -0.199. The number of hydrogen-bond acceptors (Lipinski definition) is 1. The number of piperidine rings is 1. The van der Waals surface area contributed by atoms with E-state index in [0.717, 1.165) is 0 Å². The van der Waals surface area contributed by atoms with Gasteiger partial charge < -0.3 is 0 Å². The summed E-state index contributed by atoms with van der Waals surface area (Å²) in [5, 5.41) is 0. The van der Waals surface area contributed by atoms with Gasteiger partial charge in [-0.1, -0.05) is 0 Å². The van der Waals surface area contributed by atoms with Crippen LogP contribution in [0.2, 0.25) is 0 Å². The molecule has 100 valence electrons. The van der Waals surface area contributed by atoms with E-state index in [-0.39, 0.29) is 0 Å². The van der Waals surface area contributed by atoms with Gasteiger partial charge in [-0.05, 0) is 12.8 Å². The van der Waals surface area contributed by atoms with Crippen LogP contribution in [-0.2, 0) is 0 Å². The topological polar surface area (TPSA) is 3.24 Å². The first kappa shape index (κ1) is 14.3. The summed E-state index contributed by atoms with van der Waals surface area (Å²) in [5.74, 6) is -1.63.